The van der Waals surface area contributed by atoms with Gasteiger partial charge in [0.1, 0.15) is 18.0 Å². The van der Waals surface area contributed by atoms with Gasteiger partial charge in [-0.05, 0) is 30.9 Å². The Bertz CT molecular complexity index is 609. The number of fused-ring (bicyclic) bond motifs is 1. The summed E-state index contributed by atoms with van der Waals surface area (Å²) in [5.41, 5.74) is 3.88. The Morgan fingerprint density at radius 1 is 1.25 bits per heavy atom. The third kappa shape index (κ3) is 2.11. The molecule has 1 aliphatic heterocycles. The topological polar surface area (TPSA) is 41.1 Å². The van der Waals surface area contributed by atoms with Gasteiger partial charge < -0.3 is 10.2 Å². The molecule has 0 radical (unpaired) electrons. The SMILES string of the molecule is CCc1c(NC)ncnc1N1CCCc2ccccc21. The molecule has 0 spiro atoms. The quantitative estimate of drug-likeness (QED) is 0.928. The van der Waals surface area contributed by atoms with E-state index in [0.717, 1.165) is 31.0 Å². The van der Waals surface area contributed by atoms with E-state index in [1.54, 1.807) is 6.33 Å². The lowest BCUT2D eigenvalue weighted by molar-refractivity contribution is 0.754. The molecule has 1 aromatic heterocycles. The van der Waals surface area contributed by atoms with Crippen LogP contribution in [0.5, 0.6) is 0 Å². The van der Waals surface area contributed by atoms with Gasteiger partial charge in [-0.15, -0.1) is 0 Å². The fourth-order valence-electron chi connectivity index (χ4n) is 2.93. The third-order valence-corrected chi connectivity index (χ3v) is 3.88. The first-order chi connectivity index (χ1) is 9.85. The van der Waals surface area contributed by atoms with Crippen LogP contribution in [0.25, 0.3) is 0 Å². The summed E-state index contributed by atoms with van der Waals surface area (Å²) in [6.45, 7) is 3.17. The molecule has 1 N–H and O–H groups in total. The van der Waals surface area contributed by atoms with E-state index in [4.69, 9.17) is 0 Å². The monoisotopic (exact) mass is 268 g/mol. The highest BCUT2D eigenvalue weighted by molar-refractivity contribution is 5.70. The number of hydrogen-bond acceptors (Lipinski definition) is 4. The molecular weight excluding hydrogens is 248 g/mol. The minimum absolute atomic E-state index is 0.922. The van der Waals surface area contributed by atoms with E-state index in [9.17, 15) is 0 Å². The Labute approximate surface area is 119 Å². The fourth-order valence-corrected chi connectivity index (χ4v) is 2.93. The van der Waals surface area contributed by atoms with E-state index in [2.05, 4.69) is 51.4 Å². The third-order valence-electron chi connectivity index (χ3n) is 3.88. The van der Waals surface area contributed by atoms with Crippen LogP contribution in [0.1, 0.15) is 24.5 Å². The second-order valence-corrected chi connectivity index (χ2v) is 5.01. The first kappa shape index (κ1) is 12.9. The molecule has 0 aliphatic carbocycles. The van der Waals surface area contributed by atoms with Crippen LogP contribution in [0.4, 0.5) is 17.3 Å². The van der Waals surface area contributed by atoms with Crippen molar-refractivity contribution in [1.82, 2.24) is 9.97 Å². The first-order valence-corrected chi connectivity index (χ1v) is 7.22. The molecular formula is C16H20N4. The molecule has 1 aliphatic rings. The van der Waals surface area contributed by atoms with Crippen molar-refractivity contribution in [3.8, 4) is 0 Å². The maximum absolute atomic E-state index is 4.56. The number of aromatic nitrogens is 2. The van der Waals surface area contributed by atoms with Crippen molar-refractivity contribution < 1.29 is 0 Å². The van der Waals surface area contributed by atoms with Crippen LogP contribution in [0.2, 0.25) is 0 Å². The van der Waals surface area contributed by atoms with Gasteiger partial charge in [0.2, 0.25) is 0 Å². The lowest BCUT2D eigenvalue weighted by Gasteiger charge is -2.31. The molecule has 0 atom stereocenters. The highest BCUT2D eigenvalue weighted by Crippen LogP contribution is 2.35. The predicted molar refractivity (Wildman–Crippen MR) is 82.7 cm³/mol. The number of nitrogens with zero attached hydrogens (tertiary/aromatic N) is 3. The highest BCUT2D eigenvalue weighted by atomic mass is 15.2. The number of para-hydroxylation sites is 1. The number of aryl methyl sites for hydroxylation is 1. The number of benzene rings is 1. The van der Waals surface area contributed by atoms with Crippen LogP contribution in [0.3, 0.4) is 0 Å². The van der Waals surface area contributed by atoms with E-state index < -0.39 is 0 Å². The van der Waals surface area contributed by atoms with Crippen molar-refractivity contribution in [2.24, 2.45) is 0 Å². The molecule has 4 heteroatoms. The second-order valence-electron chi connectivity index (χ2n) is 5.01. The Morgan fingerprint density at radius 2 is 2.10 bits per heavy atom. The van der Waals surface area contributed by atoms with Crippen molar-refractivity contribution in [3.05, 3.63) is 41.7 Å². The number of anilines is 3. The molecule has 0 bridgehead atoms. The van der Waals surface area contributed by atoms with Gasteiger partial charge in [-0.3, -0.25) is 0 Å². The number of rotatable bonds is 3. The van der Waals surface area contributed by atoms with E-state index in [-0.39, 0.29) is 0 Å². The Morgan fingerprint density at radius 3 is 2.90 bits per heavy atom. The largest absolute Gasteiger partial charge is 0.373 e. The van der Waals surface area contributed by atoms with Crippen molar-refractivity contribution in [2.75, 3.05) is 23.8 Å². The zero-order chi connectivity index (χ0) is 13.9. The Kier molecular flexibility index (Phi) is 3.54. The van der Waals surface area contributed by atoms with Gasteiger partial charge in [0, 0.05) is 24.8 Å². The molecule has 0 unspecified atom stereocenters. The maximum atomic E-state index is 4.56. The molecule has 2 aromatic rings. The molecule has 3 rings (SSSR count). The van der Waals surface area contributed by atoms with Gasteiger partial charge in [0.05, 0.1) is 0 Å². The van der Waals surface area contributed by atoms with Crippen LogP contribution in [-0.4, -0.2) is 23.6 Å². The predicted octanol–water partition coefficient (Wildman–Crippen LogP) is 3.17. The summed E-state index contributed by atoms with van der Waals surface area (Å²) < 4.78 is 0. The molecule has 2 heterocycles. The summed E-state index contributed by atoms with van der Waals surface area (Å²) in [4.78, 5) is 11.2. The molecule has 20 heavy (non-hydrogen) atoms. The van der Waals surface area contributed by atoms with Crippen LogP contribution < -0.4 is 10.2 Å². The van der Waals surface area contributed by atoms with Crippen LogP contribution in [0.15, 0.2) is 30.6 Å². The van der Waals surface area contributed by atoms with Gasteiger partial charge in [-0.25, -0.2) is 9.97 Å². The summed E-state index contributed by atoms with van der Waals surface area (Å²) in [7, 11) is 1.91. The highest BCUT2D eigenvalue weighted by Gasteiger charge is 2.22. The van der Waals surface area contributed by atoms with Crippen molar-refractivity contribution >= 4 is 17.3 Å². The lowest BCUT2D eigenvalue weighted by atomic mass is 10.0. The van der Waals surface area contributed by atoms with Crippen LogP contribution in [0, 0.1) is 0 Å². The van der Waals surface area contributed by atoms with Gasteiger partial charge >= 0.3 is 0 Å². The average Bonchev–Trinajstić information content (AvgIpc) is 2.53. The summed E-state index contributed by atoms with van der Waals surface area (Å²) in [6.07, 6.45) is 4.89. The molecule has 104 valence electrons. The van der Waals surface area contributed by atoms with E-state index in [1.165, 1.54) is 23.2 Å². The maximum Gasteiger partial charge on any atom is 0.141 e. The molecule has 0 amide bonds. The standard InChI is InChI=1S/C16H20N4/c1-3-13-15(17-2)18-11-19-16(13)20-10-6-8-12-7-4-5-9-14(12)20/h4-5,7,9,11H,3,6,8,10H2,1-2H3,(H,17,18,19). The zero-order valence-corrected chi connectivity index (χ0v) is 12.1. The van der Waals surface area contributed by atoms with Crippen molar-refractivity contribution in [3.63, 3.8) is 0 Å². The van der Waals surface area contributed by atoms with Crippen LogP contribution in [-0.2, 0) is 12.8 Å². The minimum atomic E-state index is 0.922. The molecule has 0 fully saturated rings. The minimum Gasteiger partial charge on any atom is -0.373 e. The van der Waals surface area contributed by atoms with Crippen molar-refractivity contribution in [1.29, 1.82) is 0 Å². The molecule has 4 nitrogen and oxygen atoms in total. The summed E-state index contributed by atoms with van der Waals surface area (Å²) in [5.74, 6) is 1.97. The Hall–Kier alpha value is -2.10. The normalized spacial score (nSPS) is 14.0. The first-order valence-electron chi connectivity index (χ1n) is 7.22. The van der Waals surface area contributed by atoms with Crippen molar-refractivity contribution in [2.45, 2.75) is 26.2 Å². The van der Waals surface area contributed by atoms with Crippen LogP contribution >= 0.6 is 0 Å². The smallest absolute Gasteiger partial charge is 0.141 e. The van der Waals surface area contributed by atoms with Gasteiger partial charge in [0.15, 0.2) is 0 Å². The van der Waals surface area contributed by atoms with E-state index >= 15 is 0 Å². The average molecular weight is 268 g/mol. The number of hydrogen-bond donors (Lipinski definition) is 1. The van der Waals surface area contributed by atoms with Gasteiger partial charge in [-0.2, -0.15) is 0 Å². The summed E-state index contributed by atoms with van der Waals surface area (Å²) in [6, 6.07) is 8.62. The lowest BCUT2D eigenvalue weighted by Crippen LogP contribution is -2.26. The molecule has 0 saturated carbocycles. The molecule has 1 aromatic carbocycles. The van der Waals surface area contributed by atoms with Gasteiger partial charge in [0.25, 0.3) is 0 Å². The molecule has 0 saturated heterocycles. The van der Waals surface area contributed by atoms with Gasteiger partial charge in [-0.1, -0.05) is 25.1 Å². The second kappa shape index (κ2) is 5.49. The Balaban J connectivity index is 2.11. The van der Waals surface area contributed by atoms with E-state index in [1.807, 2.05) is 7.05 Å². The summed E-state index contributed by atoms with van der Waals surface area (Å²) in [5, 5.41) is 3.17. The fraction of sp³-hybridized carbons (Fsp3) is 0.375. The zero-order valence-electron chi connectivity index (χ0n) is 12.1. The number of nitrogens with one attached hydrogen (secondary N) is 1. The summed E-state index contributed by atoms with van der Waals surface area (Å²) >= 11 is 0. The van der Waals surface area contributed by atoms with E-state index in [0.29, 0.717) is 0 Å².